The molecule has 1 aromatic carbocycles. The van der Waals surface area contributed by atoms with Crippen molar-refractivity contribution in [3.8, 4) is 5.75 Å². The molecule has 1 aromatic rings. The first-order valence-corrected chi connectivity index (χ1v) is 6.44. The van der Waals surface area contributed by atoms with Gasteiger partial charge in [-0.05, 0) is 17.7 Å². The number of ether oxygens (including phenoxy) is 2. The van der Waals surface area contributed by atoms with Crippen LogP contribution >= 0.6 is 0 Å². The Morgan fingerprint density at radius 3 is 2.50 bits per heavy atom. The smallest absolute Gasteiger partial charge is 0.310 e. The fraction of sp³-hybridized carbons (Fsp3) is 0.429. The van der Waals surface area contributed by atoms with Crippen LogP contribution in [0.25, 0.3) is 0 Å². The number of morpholine rings is 1. The molecule has 1 amide bonds. The summed E-state index contributed by atoms with van der Waals surface area (Å²) >= 11 is 0. The molecule has 2 rings (SSSR count). The zero-order chi connectivity index (χ0) is 14.4. The summed E-state index contributed by atoms with van der Waals surface area (Å²) in [5.74, 6) is -0.519. The van der Waals surface area contributed by atoms with Crippen LogP contribution in [0.2, 0.25) is 0 Å². The molecule has 0 saturated carbocycles. The highest BCUT2D eigenvalue weighted by Gasteiger charge is 2.18. The van der Waals surface area contributed by atoms with E-state index in [0.29, 0.717) is 26.3 Å². The lowest BCUT2D eigenvalue weighted by atomic mass is 10.1. The fourth-order valence-electron chi connectivity index (χ4n) is 1.88. The number of amides is 1. The molecule has 1 heterocycles. The van der Waals surface area contributed by atoms with Crippen LogP contribution in [0.1, 0.15) is 5.56 Å². The molecule has 0 atom stereocenters. The molecule has 108 valence electrons. The molecule has 1 aliphatic rings. The van der Waals surface area contributed by atoms with E-state index >= 15 is 0 Å². The molecular formula is C14H17NO5. The Labute approximate surface area is 116 Å². The van der Waals surface area contributed by atoms with Crippen molar-refractivity contribution in [2.24, 2.45) is 0 Å². The highest BCUT2D eigenvalue weighted by Crippen LogP contribution is 2.10. The van der Waals surface area contributed by atoms with Crippen molar-refractivity contribution in [3.63, 3.8) is 0 Å². The number of carbonyl (C=O) groups is 2. The van der Waals surface area contributed by atoms with Crippen LogP contribution in [0, 0.1) is 0 Å². The van der Waals surface area contributed by atoms with Crippen LogP contribution < -0.4 is 0 Å². The van der Waals surface area contributed by atoms with Gasteiger partial charge in [0.1, 0.15) is 5.75 Å². The first-order valence-electron chi connectivity index (χ1n) is 6.44. The highest BCUT2D eigenvalue weighted by atomic mass is 16.5. The summed E-state index contributed by atoms with van der Waals surface area (Å²) in [4.78, 5) is 25.0. The van der Waals surface area contributed by atoms with E-state index in [1.54, 1.807) is 17.0 Å². The minimum atomic E-state index is -0.461. The minimum Gasteiger partial charge on any atom is -0.508 e. The number of carbonyl (C=O) groups excluding carboxylic acids is 2. The topological polar surface area (TPSA) is 76.1 Å². The molecule has 1 saturated heterocycles. The number of esters is 1. The number of rotatable bonds is 4. The second-order valence-electron chi connectivity index (χ2n) is 4.50. The Balaban J connectivity index is 1.74. The Morgan fingerprint density at radius 1 is 1.20 bits per heavy atom. The molecule has 1 N–H and O–H groups in total. The van der Waals surface area contributed by atoms with Gasteiger partial charge in [-0.3, -0.25) is 9.59 Å². The van der Waals surface area contributed by atoms with Crippen LogP contribution in [0.15, 0.2) is 24.3 Å². The molecular weight excluding hydrogens is 262 g/mol. The van der Waals surface area contributed by atoms with E-state index < -0.39 is 5.97 Å². The predicted octanol–water partition coefficient (Wildman–Crippen LogP) is 0.337. The molecule has 0 bridgehead atoms. The molecule has 6 nitrogen and oxygen atoms in total. The Hall–Kier alpha value is -2.08. The Morgan fingerprint density at radius 2 is 1.85 bits per heavy atom. The SMILES string of the molecule is O=C(Cc1ccc(O)cc1)OCC(=O)N1CCOCC1. The maximum atomic E-state index is 11.8. The van der Waals surface area contributed by atoms with E-state index in [1.165, 1.54) is 12.1 Å². The maximum Gasteiger partial charge on any atom is 0.310 e. The number of phenols is 1. The zero-order valence-electron chi connectivity index (χ0n) is 11.1. The largest absolute Gasteiger partial charge is 0.508 e. The van der Waals surface area contributed by atoms with E-state index in [2.05, 4.69) is 0 Å². The molecule has 0 spiro atoms. The standard InChI is InChI=1S/C14H17NO5/c16-12-3-1-11(2-4-12)9-14(18)20-10-13(17)15-5-7-19-8-6-15/h1-4,16H,5-10H2. The molecule has 1 fully saturated rings. The number of nitrogens with zero attached hydrogens (tertiary/aromatic N) is 1. The van der Waals surface area contributed by atoms with Gasteiger partial charge in [0.05, 0.1) is 19.6 Å². The van der Waals surface area contributed by atoms with Crippen molar-refractivity contribution in [1.29, 1.82) is 0 Å². The van der Waals surface area contributed by atoms with Crippen LogP contribution in [0.4, 0.5) is 0 Å². The van der Waals surface area contributed by atoms with Crippen molar-refractivity contribution < 1.29 is 24.2 Å². The van der Waals surface area contributed by atoms with Crippen LogP contribution in [0.3, 0.4) is 0 Å². The van der Waals surface area contributed by atoms with Gasteiger partial charge in [-0.15, -0.1) is 0 Å². The van der Waals surface area contributed by atoms with Crippen molar-refractivity contribution in [3.05, 3.63) is 29.8 Å². The quantitative estimate of drug-likeness (QED) is 0.804. The summed E-state index contributed by atoms with van der Waals surface area (Å²) in [5, 5.41) is 9.13. The number of hydrogen-bond donors (Lipinski definition) is 1. The lowest BCUT2D eigenvalue weighted by Crippen LogP contribution is -2.42. The van der Waals surface area contributed by atoms with Crippen LogP contribution in [-0.4, -0.2) is 54.8 Å². The third-order valence-electron chi connectivity index (χ3n) is 3.01. The maximum absolute atomic E-state index is 11.8. The van der Waals surface area contributed by atoms with Gasteiger partial charge in [0, 0.05) is 13.1 Å². The lowest BCUT2D eigenvalue weighted by Gasteiger charge is -2.26. The van der Waals surface area contributed by atoms with E-state index in [9.17, 15) is 9.59 Å². The minimum absolute atomic E-state index is 0.0800. The molecule has 0 aliphatic carbocycles. The third-order valence-corrected chi connectivity index (χ3v) is 3.01. The summed E-state index contributed by atoms with van der Waals surface area (Å²) in [6, 6.07) is 6.28. The second kappa shape index (κ2) is 6.91. The number of aromatic hydroxyl groups is 1. The van der Waals surface area contributed by atoms with E-state index in [0.717, 1.165) is 5.56 Å². The summed E-state index contributed by atoms with van der Waals surface area (Å²) in [7, 11) is 0. The van der Waals surface area contributed by atoms with Gasteiger partial charge in [-0.1, -0.05) is 12.1 Å². The van der Waals surface area contributed by atoms with E-state index in [4.69, 9.17) is 14.6 Å². The van der Waals surface area contributed by atoms with Crippen molar-refractivity contribution in [2.45, 2.75) is 6.42 Å². The van der Waals surface area contributed by atoms with Crippen LogP contribution in [0.5, 0.6) is 5.75 Å². The monoisotopic (exact) mass is 279 g/mol. The van der Waals surface area contributed by atoms with Gasteiger partial charge in [-0.25, -0.2) is 0 Å². The molecule has 6 heteroatoms. The molecule has 1 aliphatic heterocycles. The average molecular weight is 279 g/mol. The van der Waals surface area contributed by atoms with E-state index in [-0.39, 0.29) is 24.7 Å². The number of phenolic OH excluding ortho intramolecular Hbond substituents is 1. The normalized spacial score (nSPS) is 14.9. The average Bonchev–Trinajstić information content (AvgIpc) is 2.48. The third kappa shape index (κ3) is 4.24. The van der Waals surface area contributed by atoms with Crippen LogP contribution in [-0.2, 0) is 25.5 Å². The van der Waals surface area contributed by atoms with Crippen molar-refractivity contribution in [2.75, 3.05) is 32.9 Å². The molecule has 0 aromatic heterocycles. The summed E-state index contributed by atoms with van der Waals surface area (Å²) in [6.07, 6.45) is 0.0800. The Kier molecular flexibility index (Phi) is 4.95. The predicted molar refractivity (Wildman–Crippen MR) is 70.2 cm³/mol. The summed E-state index contributed by atoms with van der Waals surface area (Å²) in [5.41, 5.74) is 0.728. The van der Waals surface area contributed by atoms with Crippen molar-refractivity contribution in [1.82, 2.24) is 4.90 Å². The summed E-state index contributed by atoms with van der Waals surface area (Å²) < 4.78 is 10.1. The summed E-state index contributed by atoms with van der Waals surface area (Å²) in [6.45, 7) is 1.87. The van der Waals surface area contributed by atoms with E-state index in [1.807, 2.05) is 0 Å². The number of hydrogen-bond acceptors (Lipinski definition) is 5. The first-order chi connectivity index (χ1) is 9.65. The lowest BCUT2D eigenvalue weighted by molar-refractivity contribution is -0.153. The van der Waals surface area contributed by atoms with Gasteiger partial charge >= 0.3 is 5.97 Å². The molecule has 0 unspecified atom stereocenters. The van der Waals surface area contributed by atoms with Gasteiger partial charge in [0.25, 0.3) is 5.91 Å². The fourth-order valence-corrected chi connectivity index (χ4v) is 1.88. The molecule has 20 heavy (non-hydrogen) atoms. The number of benzene rings is 1. The van der Waals surface area contributed by atoms with Gasteiger partial charge in [0.15, 0.2) is 6.61 Å². The van der Waals surface area contributed by atoms with Gasteiger partial charge in [-0.2, -0.15) is 0 Å². The van der Waals surface area contributed by atoms with Crippen molar-refractivity contribution >= 4 is 11.9 Å². The zero-order valence-corrected chi connectivity index (χ0v) is 11.1. The Bertz CT molecular complexity index is 465. The second-order valence-corrected chi connectivity index (χ2v) is 4.50. The highest BCUT2D eigenvalue weighted by molar-refractivity contribution is 5.81. The van der Waals surface area contributed by atoms with Gasteiger partial charge in [0.2, 0.25) is 0 Å². The van der Waals surface area contributed by atoms with Gasteiger partial charge < -0.3 is 19.5 Å². The molecule has 0 radical (unpaired) electrons. The first kappa shape index (κ1) is 14.3.